The molecule has 5 heterocycles. The largest absolute Gasteiger partial charge is 0.481 e. The van der Waals surface area contributed by atoms with Gasteiger partial charge in [0.1, 0.15) is 73.0 Å². The van der Waals surface area contributed by atoms with Crippen LogP contribution < -0.4 is 26.5 Å². The normalized spacial score (nSPS) is 24.0. The average molecular weight is 949 g/mol. The van der Waals surface area contributed by atoms with Crippen LogP contribution >= 0.6 is 15.6 Å². The highest BCUT2D eigenvalue weighted by atomic mass is 31.3. The molecule has 31 heteroatoms. The second-order valence-electron chi connectivity index (χ2n) is 14.6. The fraction of sp³-hybridized carbons (Fsp3) is 0.485. The molecule has 64 heavy (non-hydrogen) atoms. The van der Waals surface area contributed by atoms with Gasteiger partial charge in [-0.2, -0.15) is 8.89 Å². The van der Waals surface area contributed by atoms with Crippen LogP contribution in [0.5, 0.6) is 0 Å². The summed E-state index contributed by atoms with van der Waals surface area (Å²) in [7, 11) is -11.2. The number of ketones is 1. The maximum atomic E-state index is 13.3. The van der Waals surface area contributed by atoms with Gasteiger partial charge < -0.3 is 71.1 Å². The van der Waals surface area contributed by atoms with Gasteiger partial charge in [0.25, 0.3) is 0 Å². The topological polar surface area (TPSA) is 452 Å². The number of nitrogens with two attached hydrogens (primary N) is 1. The zero-order valence-electron chi connectivity index (χ0n) is 33.2. The van der Waals surface area contributed by atoms with Crippen molar-refractivity contribution < 1.29 is 87.8 Å². The number of phosphoric acid groups is 2. The average Bonchev–Trinajstić information content (AvgIpc) is 3.79. The molecule has 1 fully saturated rings. The minimum atomic E-state index is -5.66. The molecule has 6 rings (SSSR count). The highest BCUT2D eigenvalue weighted by Crippen LogP contribution is 2.60. The number of aliphatic hydroxyl groups is 9. The molecule has 2 aliphatic heterocycles. The van der Waals surface area contributed by atoms with Crippen molar-refractivity contribution in [2.75, 3.05) is 37.0 Å². The van der Waals surface area contributed by atoms with Gasteiger partial charge in [0, 0.05) is 6.07 Å². The van der Waals surface area contributed by atoms with Gasteiger partial charge in [-0.05, 0) is 31.0 Å². The molecule has 1 saturated heterocycles. The Hall–Kier alpha value is -4.75. The number of fused-ring (bicyclic) bond motifs is 3. The van der Waals surface area contributed by atoms with E-state index in [0.717, 1.165) is 22.0 Å². The Kier molecular flexibility index (Phi) is 14.5. The Balaban J connectivity index is 1.12. The van der Waals surface area contributed by atoms with E-state index in [4.69, 9.17) is 20.1 Å². The molecular formula is C33H44N9O20P2+. The quantitative estimate of drug-likeness (QED) is 0.0328. The van der Waals surface area contributed by atoms with Gasteiger partial charge in [0.2, 0.25) is 5.69 Å². The van der Waals surface area contributed by atoms with E-state index in [9.17, 15) is 74.2 Å². The van der Waals surface area contributed by atoms with Crippen molar-refractivity contribution in [2.45, 2.75) is 75.0 Å². The molecular weight excluding hydrogens is 904 g/mol. The summed E-state index contributed by atoms with van der Waals surface area (Å²) in [5.74, 6) is -1.61. The second kappa shape index (κ2) is 19.0. The predicted molar refractivity (Wildman–Crippen MR) is 215 cm³/mol. The van der Waals surface area contributed by atoms with Crippen molar-refractivity contribution in [3.63, 3.8) is 0 Å². The number of carbonyl (C=O) groups is 1. The van der Waals surface area contributed by atoms with Gasteiger partial charge in [-0.25, -0.2) is 28.9 Å². The summed E-state index contributed by atoms with van der Waals surface area (Å²) in [6.45, 7) is -0.963. The van der Waals surface area contributed by atoms with Crippen LogP contribution in [0, 0.1) is 13.8 Å². The number of benzene rings is 1. The fourth-order valence-corrected chi connectivity index (χ4v) is 8.79. The number of rotatable bonds is 18. The molecule has 2 unspecified atom stereocenters. The lowest BCUT2D eigenvalue weighted by Gasteiger charge is -2.33. The highest BCUT2D eigenvalue weighted by Gasteiger charge is 2.47. The SMILES string of the molecule is Cc1cc2c(cc1C)[N+](=C[C@H](O)[C@@H](O)[C@@H](O)C(=O)CO)c1c([nH]c(=O)[nH]c1=O)N2C[C@H](O)[C@H](O)[C@H](O)COP(=O)(O)OP(=O)(O)OC[C@H]1O[C@@H](n2cnc3c(N)ncnc32)[C@H](O)[C@@H]1O. The van der Waals surface area contributed by atoms with Crippen molar-refractivity contribution in [2.24, 2.45) is 0 Å². The zero-order valence-corrected chi connectivity index (χ0v) is 35.0. The summed E-state index contributed by atoms with van der Waals surface area (Å²) in [5, 5.41) is 94.4. The molecule has 2 aliphatic rings. The van der Waals surface area contributed by atoms with Crippen LogP contribution in [-0.2, 0) is 32.0 Å². The smallest absolute Gasteiger partial charge is 0.388 e. The number of nitrogens with zero attached hydrogens (tertiary/aromatic N) is 6. The number of aryl methyl sites for hydroxylation is 2. The number of carbonyl (C=O) groups excluding carboxylic acids is 1. The molecule has 3 aromatic heterocycles. The van der Waals surface area contributed by atoms with E-state index >= 15 is 0 Å². The number of β-amino-alcohol motifs (C(OH)–C–C–N with tert-alkyl or cyclic N) is 1. The van der Waals surface area contributed by atoms with Gasteiger partial charge in [0.05, 0.1) is 26.1 Å². The van der Waals surface area contributed by atoms with E-state index in [2.05, 4.69) is 28.8 Å². The minimum Gasteiger partial charge on any atom is -0.388 e. The number of hydrogen-bond donors (Lipinski definition) is 14. The first-order valence-electron chi connectivity index (χ1n) is 18.7. The number of nitrogens with one attached hydrogen (secondary N) is 2. The third-order valence-corrected chi connectivity index (χ3v) is 12.8. The summed E-state index contributed by atoms with van der Waals surface area (Å²) in [6, 6.07) is 2.99. The molecule has 0 aliphatic carbocycles. The van der Waals surface area contributed by atoms with Gasteiger partial charge in [0.15, 0.2) is 41.6 Å². The predicted octanol–water partition coefficient (Wildman–Crippen LogP) is -4.94. The van der Waals surface area contributed by atoms with Gasteiger partial charge in [-0.3, -0.25) is 33.2 Å². The lowest BCUT2D eigenvalue weighted by molar-refractivity contribution is -0.138. The summed E-state index contributed by atoms with van der Waals surface area (Å²) < 4.78 is 46.7. The minimum absolute atomic E-state index is 0.00247. The summed E-state index contributed by atoms with van der Waals surface area (Å²) in [5.41, 5.74) is 4.69. The molecule has 29 nitrogen and oxygen atoms in total. The van der Waals surface area contributed by atoms with Gasteiger partial charge >= 0.3 is 32.6 Å². The van der Waals surface area contributed by atoms with Crippen LogP contribution in [-0.4, -0.2) is 179 Å². The van der Waals surface area contributed by atoms with Crippen molar-refractivity contribution in [3.8, 4) is 0 Å². The number of aliphatic hydroxyl groups excluding tert-OH is 9. The Morgan fingerprint density at radius 2 is 1.64 bits per heavy atom. The number of anilines is 3. The van der Waals surface area contributed by atoms with E-state index in [1.54, 1.807) is 13.8 Å². The number of imidazole rings is 1. The Bertz CT molecular complexity index is 2640. The molecule has 0 bridgehead atoms. The highest BCUT2D eigenvalue weighted by molar-refractivity contribution is 7.61. The third kappa shape index (κ3) is 10.1. The maximum absolute atomic E-state index is 13.3. The molecule has 1 aromatic carbocycles. The Labute approximate surface area is 357 Å². The lowest BCUT2D eigenvalue weighted by Crippen LogP contribution is -2.48. The van der Waals surface area contributed by atoms with Crippen molar-refractivity contribution in [3.05, 3.63) is 56.8 Å². The molecule has 350 valence electrons. The van der Waals surface area contributed by atoms with E-state index in [1.807, 2.05) is 4.98 Å². The van der Waals surface area contributed by atoms with Gasteiger partial charge in [-0.1, -0.05) is 0 Å². The van der Waals surface area contributed by atoms with Crippen LogP contribution in [0.4, 0.5) is 28.7 Å². The van der Waals surface area contributed by atoms with E-state index < -0.39 is 126 Å². The number of Topliss-reactive ketones (excluding diaryl/α,β-unsaturated/α-hetero) is 1. The Morgan fingerprint density at radius 1 is 0.969 bits per heavy atom. The number of hydrogen-bond acceptors (Lipinski definition) is 23. The first-order valence-corrected chi connectivity index (χ1v) is 21.7. The number of H-pyrrole nitrogens is 2. The lowest BCUT2D eigenvalue weighted by atomic mass is 10.0. The van der Waals surface area contributed by atoms with Crippen molar-refractivity contribution >= 4 is 67.5 Å². The Morgan fingerprint density at radius 3 is 2.33 bits per heavy atom. The van der Waals surface area contributed by atoms with Crippen LogP contribution in [0.15, 0.2) is 34.4 Å². The summed E-state index contributed by atoms with van der Waals surface area (Å²) in [6.07, 6.45) is -16.4. The molecule has 12 atom stereocenters. The first-order chi connectivity index (χ1) is 29.9. The first kappa shape index (κ1) is 48.7. The van der Waals surface area contributed by atoms with Crippen LogP contribution in [0.2, 0.25) is 0 Å². The number of aromatic amines is 2. The summed E-state index contributed by atoms with van der Waals surface area (Å²) >= 11 is 0. The van der Waals surface area contributed by atoms with E-state index in [1.165, 1.54) is 23.0 Å². The van der Waals surface area contributed by atoms with Crippen LogP contribution in [0.25, 0.3) is 11.2 Å². The molecule has 0 spiro atoms. The standard InChI is InChI=1S/C33H43N9O20P2/c1-12-3-14-15(4-13(12)2)41(30-22(31(53)39-33(54)38-30)40(14)5-17(45)24(49)25(50)18(46)7-43)6-16(44)23(48)19(47)8-59-63(55,56)62-64(57,58)60-9-20-26(51)27(52)32(61-20)42-11-37-21-28(34)35-10-36-29(21)42/h3-5,10-11,16-17,19-20,23-27,32,43-45,47-52H,6-9H2,1-2H3,(H5-,34,35,36,38,39,53,54,55,56,57,58)/p+1/t16-,17-,19+,20+,23-,24+,25-,26+,27+,32+/m0/s1. The van der Waals surface area contributed by atoms with E-state index in [-0.39, 0.29) is 34.2 Å². The number of phosphoric ester groups is 2. The third-order valence-electron chi connectivity index (χ3n) is 10.2. The molecule has 15 N–H and O–H groups in total. The molecule has 0 amide bonds. The zero-order chi connectivity index (χ0) is 47.2. The monoisotopic (exact) mass is 948 g/mol. The molecule has 0 radical (unpaired) electrons. The van der Waals surface area contributed by atoms with Gasteiger partial charge in [-0.15, -0.1) is 0 Å². The molecule has 0 saturated carbocycles. The maximum Gasteiger partial charge on any atom is 0.481 e. The van der Waals surface area contributed by atoms with Crippen molar-refractivity contribution in [1.82, 2.24) is 34.1 Å². The van der Waals surface area contributed by atoms with E-state index in [0.29, 0.717) is 11.1 Å². The fourth-order valence-electron chi connectivity index (χ4n) is 6.70. The molecule has 4 aromatic rings. The van der Waals surface area contributed by atoms with Crippen molar-refractivity contribution in [1.29, 1.82) is 0 Å². The van der Waals surface area contributed by atoms with Crippen LogP contribution in [0.3, 0.4) is 0 Å². The number of ether oxygens (including phenoxy) is 1. The number of nitrogen functional groups attached to an aromatic ring is 1. The van der Waals surface area contributed by atoms with Crippen LogP contribution in [0.1, 0.15) is 17.4 Å². The second-order valence-corrected chi connectivity index (χ2v) is 17.6. The summed E-state index contributed by atoms with van der Waals surface area (Å²) in [4.78, 5) is 75.4. The number of aromatic nitrogens is 6.